The van der Waals surface area contributed by atoms with E-state index >= 15 is 0 Å². The van der Waals surface area contributed by atoms with E-state index in [4.69, 9.17) is 4.74 Å². The summed E-state index contributed by atoms with van der Waals surface area (Å²) in [6.07, 6.45) is -0.945. The number of urea groups is 1. The van der Waals surface area contributed by atoms with Gasteiger partial charge >= 0.3 is 12.0 Å². The first-order valence-electron chi connectivity index (χ1n) is 9.88. The van der Waals surface area contributed by atoms with Crippen molar-refractivity contribution in [2.24, 2.45) is 0 Å². The number of aryl methyl sites for hydroxylation is 2. The zero-order chi connectivity index (χ0) is 22.3. The summed E-state index contributed by atoms with van der Waals surface area (Å²) < 4.78 is 5.29. The van der Waals surface area contributed by atoms with Crippen LogP contribution in [-0.4, -0.2) is 30.1 Å². The van der Waals surface area contributed by atoms with Gasteiger partial charge in [-0.2, -0.15) is 0 Å². The first-order chi connectivity index (χ1) is 14.2. The Morgan fingerprint density at radius 3 is 2.23 bits per heavy atom. The Labute approximate surface area is 177 Å². The van der Waals surface area contributed by atoms with E-state index in [1.165, 1.54) is 6.92 Å². The van der Waals surface area contributed by atoms with E-state index < -0.39 is 18.0 Å². The summed E-state index contributed by atoms with van der Waals surface area (Å²) in [5, 5.41) is 8.26. The minimum absolute atomic E-state index is 0.0521. The van der Waals surface area contributed by atoms with Crippen molar-refractivity contribution >= 4 is 23.6 Å². The molecular weight excluding hydrogens is 382 g/mol. The van der Waals surface area contributed by atoms with Crippen LogP contribution < -0.4 is 16.0 Å². The number of hydrogen-bond acceptors (Lipinski definition) is 4. The summed E-state index contributed by atoms with van der Waals surface area (Å²) in [6, 6.07) is 12.2. The van der Waals surface area contributed by atoms with Crippen LogP contribution in [0.25, 0.3) is 0 Å². The molecular formula is C23H29N3O4. The smallest absolute Gasteiger partial charge is 0.338 e. The first kappa shape index (κ1) is 22.9. The molecule has 3 amide bonds. The number of nitrogens with one attached hydrogen (secondary N) is 3. The lowest BCUT2D eigenvalue weighted by atomic mass is 10.1. The molecule has 2 aromatic rings. The van der Waals surface area contributed by atoms with Crippen LogP contribution in [0, 0.1) is 13.8 Å². The number of anilines is 1. The second-order valence-corrected chi connectivity index (χ2v) is 7.53. The Kier molecular flexibility index (Phi) is 7.98. The molecule has 0 saturated carbocycles. The summed E-state index contributed by atoms with van der Waals surface area (Å²) >= 11 is 0. The van der Waals surface area contributed by atoms with Gasteiger partial charge in [0.15, 0.2) is 6.10 Å². The average Bonchev–Trinajstić information content (AvgIpc) is 2.68. The lowest BCUT2D eigenvalue weighted by Gasteiger charge is -2.15. The van der Waals surface area contributed by atoms with Crippen LogP contribution >= 0.6 is 0 Å². The summed E-state index contributed by atoms with van der Waals surface area (Å²) in [6.45, 7) is 9.50. The molecule has 7 nitrogen and oxygen atoms in total. The largest absolute Gasteiger partial charge is 0.449 e. The highest BCUT2D eigenvalue weighted by atomic mass is 16.5. The molecule has 0 aliphatic carbocycles. The average molecular weight is 412 g/mol. The number of hydrogen-bond donors (Lipinski definition) is 3. The predicted octanol–water partition coefficient (Wildman–Crippen LogP) is 3.70. The third kappa shape index (κ3) is 6.92. The third-order valence-electron chi connectivity index (χ3n) is 4.36. The van der Waals surface area contributed by atoms with E-state index in [0.29, 0.717) is 17.8 Å². The molecule has 0 spiro atoms. The predicted molar refractivity (Wildman–Crippen MR) is 116 cm³/mol. The van der Waals surface area contributed by atoms with Gasteiger partial charge in [-0.05, 0) is 63.9 Å². The highest BCUT2D eigenvalue weighted by molar-refractivity contribution is 5.97. The zero-order valence-electron chi connectivity index (χ0n) is 18.0. The molecule has 0 radical (unpaired) electrons. The molecule has 7 heteroatoms. The van der Waals surface area contributed by atoms with Crippen LogP contribution in [0.5, 0.6) is 0 Å². The number of esters is 1. The SMILES string of the molecule is Cc1ccc(NC(=O)[C@@H](C)OC(=O)c2ccc(CNC(=O)NC(C)C)cc2)c(C)c1. The van der Waals surface area contributed by atoms with Crippen LogP contribution in [-0.2, 0) is 16.1 Å². The van der Waals surface area contributed by atoms with Gasteiger partial charge in [-0.15, -0.1) is 0 Å². The van der Waals surface area contributed by atoms with Gasteiger partial charge in [0.05, 0.1) is 5.56 Å². The van der Waals surface area contributed by atoms with E-state index in [1.807, 2.05) is 45.9 Å². The first-order valence-corrected chi connectivity index (χ1v) is 9.88. The van der Waals surface area contributed by atoms with Crippen molar-refractivity contribution < 1.29 is 19.1 Å². The maximum absolute atomic E-state index is 12.4. The van der Waals surface area contributed by atoms with Crippen LogP contribution in [0.15, 0.2) is 42.5 Å². The van der Waals surface area contributed by atoms with Crippen molar-refractivity contribution in [2.45, 2.75) is 53.3 Å². The molecule has 0 aliphatic heterocycles. The quantitative estimate of drug-likeness (QED) is 0.605. The summed E-state index contributed by atoms with van der Waals surface area (Å²) in [7, 11) is 0. The second-order valence-electron chi connectivity index (χ2n) is 7.53. The molecule has 0 heterocycles. The van der Waals surface area contributed by atoms with Crippen molar-refractivity contribution in [1.82, 2.24) is 10.6 Å². The molecule has 2 aromatic carbocycles. The van der Waals surface area contributed by atoms with Crippen LogP contribution in [0.3, 0.4) is 0 Å². The number of carbonyl (C=O) groups is 3. The maximum Gasteiger partial charge on any atom is 0.338 e. The highest BCUT2D eigenvalue weighted by Gasteiger charge is 2.19. The monoisotopic (exact) mass is 411 g/mol. The Hall–Kier alpha value is -3.35. The third-order valence-corrected chi connectivity index (χ3v) is 4.36. The lowest BCUT2D eigenvalue weighted by Crippen LogP contribution is -2.39. The van der Waals surface area contributed by atoms with Crippen molar-refractivity contribution in [3.8, 4) is 0 Å². The Balaban J connectivity index is 1.88. The summed E-state index contributed by atoms with van der Waals surface area (Å²) in [5.74, 6) is -0.984. The van der Waals surface area contributed by atoms with Gasteiger partial charge < -0.3 is 20.7 Å². The number of amides is 3. The summed E-state index contributed by atoms with van der Waals surface area (Å²) in [4.78, 5) is 36.3. The van der Waals surface area contributed by atoms with Gasteiger partial charge in [0.25, 0.3) is 5.91 Å². The van der Waals surface area contributed by atoms with Crippen LogP contribution in [0.2, 0.25) is 0 Å². The summed E-state index contributed by atoms with van der Waals surface area (Å²) in [5.41, 5.74) is 3.90. The fourth-order valence-electron chi connectivity index (χ4n) is 2.72. The Morgan fingerprint density at radius 1 is 0.967 bits per heavy atom. The molecule has 0 bridgehead atoms. The van der Waals surface area contributed by atoms with Gasteiger partial charge in [0, 0.05) is 18.3 Å². The number of rotatable bonds is 7. The topological polar surface area (TPSA) is 96.5 Å². The van der Waals surface area contributed by atoms with Crippen molar-refractivity contribution in [2.75, 3.05) is 5.32 Å². The van der Waals surface area contributed by atoms with Gasteiger partial charge in [-0.1, -0.05) is 29.8 Å². The van der Waals surface area contributed by atoms with Crippen molar-refractivity contribution in [1.29, 1.82) is 0 Å². The molecule has 2 rings (SSSR count). The van der Waals surface area contributed by atoms with Gasteiger partial charge in [0.1, 0.15) is 0 Å². The highest BCUT2D eigenvalue weighted by Crippen LogP contribution is 2.17. The van der Waals surface area contributed by atoms with Crippen molar-refractivity contribution in [3.63, 3.8) is 0 Å². The molecule has 0 saturated heterocycles. The standard InChI is InChI=1S/C23H29N3O4/c1-14(2)25-23(29)24-13-18-7-9-19(10-8-18)22(28)30-17(5)21(27)26-20-11-6-15(3)12-16(20)4/h6-12,14,17H,13H2,1-5H3,(H,26,27)(H2,24,25,29)/t17-/m1/s1. The van der Waals surface area contributed by atoms with Crippen LogP contribution in [0.4, 0.5) is 10.5 Å². The molecule has 0 aliphatic rings. The maximum atomic E-state index is 12.4. The van der Waals surface area contributed by atoms with Crippen molar-refractivity contribution in [3.05, 3.63) is 64.7 Å². The zero-order valence-corrected chi connectivity index (χ0v) is 18.0. The van der Waals surface area contributed by atoms with E-state index in [2.05, 4.69) is 16.0 Å². The molecule has 30 heavy (non-hydrogen) atoms. The molecule has 0 aromatic heterocycles. The Bertz CT molecular complexity index is 907. The lowest BCUT2D eigenvalue weighted by molar-refractivity contribution is -0.123. The molecule has 0 fully saturated rings. The van der Waals surface area contributed by atoms with E-state index in [0.717, 1.165) is 16.7 Å². The normalized spacial score (nSPS) is 11.5. The van der Waals surface area contributed by atoms with E-state index in [9.17, 15) is 14.4 Å². The van der Waals surface area contributed by atoms with E-state index in [-0.39, 0.29) is 12.1 Å². The molecule has 1 atom stereocenters. The minimum Gasteiger partial charge on any atom is -0.449 e. The van der Waals surface area contributed by atoms with E-state index in [1.54, 1.807) is 24.3 Å². The van der Waals surface area contributed by atoms with Crippen LogP contribution in [0.1, 0.15) is 47.8 Å². The Morgan fingerprint density at radius 2 is 1.63 bits per heavy atom. The second kappa shape index (κ2) is 10.4. The van der Waals surface area contributed by atoms with Gasteiger partial charge in [-0.3, -0.25) is 4.79 Å². The molecule has 160 valence electrons. The number of ether oxygens (including phenoxy) is 1. The molecule has 0 unspecified atom stereocenters. The fraction of sp³-hybridized carbons (Fsp3) is 0.348. The number of benzene rings is 2. The fourth-order valence-corrected chi connectivity index (χ4v) is 2.72. The minimum atomic E-state index is -0.945. The van der Waals surface area contributed by atoms with Gasteiger partial charge in [0.2, 0.25) is 0 Å². The molecule has 3 N–H and O–H groups in total. The van der Waals surface area contributed by atoms with Gasteiger partial charge in [-0.25, -0.2) is 9.59 Å². The number of carbonyl (C=O) groups excluding carboxylic acids is 3.